The predicted molar refractivity (Wildman–Crippen MR) is 85.9 cm³/mol. The summed E-state index contributed by atoms with van der Waals surface area (Å²) in [7, 11) is 1.49. The van der Waals surface area contributed by atoms with Crippen LogP contribution < -0.4 is 10.1 Å². The number of carbonyl (C=O) groups is 2. The van der Waals surface area contributed by atoms with Gasteiger partial charge in [0.15, 0.2) is 6.04 Å². The van der Waals surface area contributed by atoms with Crippen molar-refractivity contribution in [2.45, 2.75) is 32.7 Å². The molecule has 2 rings (SSSR count). The molecule has 2 aromatic rings. The average molecular weight is 332 g/mol. The van der Waals surface area contributed by atoms with Crippen molar-refractivity contribution in [1.29, 1.82) is 0 Å². The van der Waals surface area contributed by atoms with Crippen LogP contribution in [0.4, 0.5) is 0 Å². The Kier molecular flexibility index (Phi) is 5.23. The molecule has 0 bridgehead atoms. The number of rotatable bonds is 6. The fraction of sp³-hybridized carbons (Fsp3) is 0.353. The van der Waals surface area contributed by atoms with Crippen molar-refractivity contribution >= 4 is 11.9 Å². The van der Waals surface area contributed by atoms with Crippen molar-refractivity contribution in [3.63, 3.8) is 0 Å². The van der Waals surface area contributed by atoms with Crippen LogP contribution in [-0.2, 0) is 9.59 Å². The standard InChI is InChI=1S/C17H20N2O5/c1-9(14-10(2)19-24-11(14)3)16(20)18-15(17(21)22)12-6-5-7-13(8-12)23-4/h5-9,15H,1-4H3,(H,18,20)(H,21,22). The summed E-state index contributed by atoms with van der Waals surface area (Å²) in [6.45, 7) is 5.15. The summed E-state index contributed by atoms with van der Waals surface area (Å²) in [4.78, 5) is 24.1. The number of nitrogens with one attached hydrogen (secondary N) is 1. The number of carbonyl (C=O) groups excluding carboxylic acids is 1. The number of carboxylic acid groups (broad SMARTS) is 1. The first-order chi connectivity index (χ1) is 11.3. The summed E-state index contributed by atoms with van der Waals surface area (Å²) in [5.41, 5.74) is 1.71. The van der Waals surface area contributed by atoms with E-state index in [1.54, 1.807) is 45.0 Å². The van der Waals surface area contributed by atoms with Crippen LogP contribution >= 0.6 is 0 Å². The van der Waals surface area contributed by atoms with Crippen molar-refractivity contribution in [2.24, 2.45) is 0 Å². The molecular formula is C17H20N2O5. The molecule has 7 heteroatoms. The monoisotopic (exact) mass is 332 g/mol. The van der Waals surface area contributed by atoms with Crippen LogP contribution in [0.2, 0.25) is 0 Å². The molecule has 2 unspecified atom stereocenters. The van der Waals surface area contributed by atoms with E-state index in [-0.39, 0.29) is 0 Å². The molecule has 1 heterocycles. The van der Waals surface area contributed by atoms with E-state index in [0.717, 1.165) is 0 Å². The molecule has 1 aromatic heterocycles. The molecule has 1 amide bonds. The minimum absolute atomic E-state index is 0.417. The first-order valence-electron chi connectivity index (χ1n) is 7.45. The molecule has 128 valence electrons. The number of ether oxygens (including phenoxy) is 1. The van der Waals surface area contributed by atoms with Crippen LogP contribution in [0.5, 0.6) is 5.75 Å². The van der Waals surface area contributed by atoms with Crippen molar-refractivity contribution in [2.75, 3.05) is 7.11 Å². The summed E-state index contributed by atoms with van der Waals surface area (Å²) in [5, 5.41) is 15.9. The minimum Gasteiger partial charge on any atom is -0.497 e. The molecule has 0 radical (unpaired) electrons. The van der Waals surface area contributed by atoms with Gasteiger partial charge in [0.1, 0.15) is 11.5 Å². The Morgan fingerprint density at radius 2 is 2.04 bits per heavy atom. The molecule has 2 N–H and O–H groups in total. The number of hydrogen-bond acceptors (Lipinski definition) is 5. The SMILES string of the molecule is COc1cccc(C(NC(=O)C(C)c2c(C)noc2C)C(=O)O)c1. The van der Waals surface area contributed by atoms with E-state index in [1.165, 1.54) is 7.11 Å². The van der Waals surface area contributed by atoms with Gasteiger partial charge in [-0.15, -0.1) is 0 Å². The van der Waals surface area contributed by atoms with E-state index in [1.807, 2.05) is 0 Å². The third kappa shape index (κ3) is 3.56. The van der Waals surface area contributed by atoms with E-state index in [4.69, 9.17) is 9.26 Å². The summed E-state index contributed by atoms with van der Waals surface area (Å²) in [6.07, 6.45) is 0. The van der Waals surface area contributed by atoms with E-state index < -0.39 is 23.8 Å². The van der Waals surface area contributed by atoms with Crippen LogP contribution in [0.25, 0.3) is 0 Å². The van der Waals surface area contributed by atoms with Crippen LogP contribution in [0.15, 0.2) is 28.8 Å². The Morgan fingerprint density at radius 3 is 2.58 bits per heavy atom. The molecule has 0 spiro atoms. The largest absolute Gasteiger partial charge is 0.497 e. The van der Waals surface area contributed by atoms with Crippen LogP contribution in [0, 0.1) is 13.8 Å². The summed E-state index contributed by atoms with van der Waals surface area (Å²) >= 11 is 0. The Labute approximate surface area is 139 Å². The van der Waals surface area contributed by atoms with Crippen LogP contribution in [0.3, 0.4) is 0 Å². The molecular weight excluding hydrogens is 312 g/mol. The normalized spacial score (nSPS) is 13.2. The van der Waals surface area contributed by atoms with Crippen molar-refractivity contribution in [3.05, 3.63) is 46.8 Å². The molecule has 0 fully saturated rings. The van der Waals surface area contributed by atoms with Gasteiger partial charge in [-0.2, -0.15) is 0 Å². The number of amides is 1. The van der Waals surface area contributed by atoms with Crippen molar-refractivity contribution in [1.82, 2.24) is 10.5 Å². The van der Waals surface area contributed by atoms with Gasteiger partial charge in [-0.3, -0.25) is 4.79 Å². The first kappa shape index (κ1) is 17.5. The summed E-state index contributed by atoms with van der Waals surface area (Å²) in [6, 6.07) is 5.42. The highest BCUT2D eigenvalue weighted by Gasteiger charge is 2.28. The molecule has 0 aliphatic heterocycles. The zero-order valence-electron chi connectivity index (χ0n) is 14.0. The van der Waals surface area contributed by atoms with E-state index in [9.17, 15) is 14.7 Å². The highest BCUT2D eigenvalue weighted by molar-refractivity contribution is 5.88. The van der Waals surface area contributed by atoms with Gasteiger partial charge in [0.25, 0.3) is 0 Å². The molecule has 24 heavy (non-hydrogen) atoms. The maximum atomic E-state index is 12.5. The quantitative estimate of drug-likeness (QED) is 0.842. The second-order valence-corrected chi connectivity index (χ2v) is 5.52. The lowest BCUT2D eigenvalue weighted by atomic mass is 9.97. The van der Waals surface area contributed by atoms with Gasteiger partial charge >= 0.3 is 5.97 Å². The fourth-order valence-corrected chi connectivity index (χ4v) is 2.62. The zero-order valence-corrected chi connectivity index (χ0v) is 14.0. The molecule has 0 aliphatic rings. The Hall–Kier alpha value is -2.83. The molecule has 0 aliphatic carbocycles. The summed E-state index contributed by atoms with van der Waals surface area (Å²) in [5.74, 6) is -1.08. The van der Waals surface area contributed by atoms with Gasteiger partial charge in [-0.1, -0.05) is 17.3 Å². The average Bonchev–Trinajstić information content (AvgIpc) is 2.90. The number of carboxylic acids is 1. The Bertz CT molecular complexity index is 734. The second-order valence-electron chi connectivity index (χ2n) is 5.52. The maximum absolute atomic E-state index is 12.5. The third-order valence-electron chi connectivity index (χ3n) is 3.88. The summed E-state index contributed by atoms with van der Waals surface area (Å²) < 4.78 is 10.2. The van der Waals surface area contributed by atoms with Crippen LogP contribution in [-0.4, -0.2) is 29.2 Å². The third-order valence-corrected chi connectivity index (χ3v) is 3.88. The number of aromatic nitrogens is 1. The smallest absolute Gasteiger partial charge is 0.330 e. The fourth-order valence-electron chi connectivity index (χ4n) is 2.62. The number of aryl methyl sites for hydroxylation is 2. The molecule has 1 aromatic carbocycles. The Balaban J connectivity index is 2.24. The number of aliphatic carboxylic acids is 1. The highest BCUT2D eigenvalue weighted by atomic mass is 16.5. The molecule has 7 nitrogen and oxygen atoms in total. The lowest BCUT2D eigenvalue weighted by Crippen LogP contribution is -2.36. The van der Waals surface area contributed by atoms with Crippen LogP contribution in [0.1, 0.15) is 41.5 Å². The predicted octanol–water partition coefficient (Wildman–Crippen LogP) is 2.35. The van der Waals surface area contributed by atoms with Gasteiger partial charge in [-0.25, -0.2) is 4.79 Å². The number of methoxy groups -OCH3 is 1. The highest BCUT2D eigenvalue weighted by Crippen LogP contribution is 2.25. The Morgan fingerprint density at radius 1 is 1.33 bits per heavy atom. The minimum atomic E-state index is -1.17. The van der Waals surface area contributed by atoms with E-state index in [0.29, 0.717) is 28.3 Å². The van der Waals surface area contributed by atoms with Gasteiger partial charge < -0.3 is 19.7 Å². The zero-order chi connectivity index (χ0) is 17.9. The number of hydrogen-bond donors (Lipinski definition) is 2. The number of nitrogens with zero attached hydrogens (tertiary/aromatic N) is 1. The van der Waals surface area contributed by atoms with Gasteiger partial charge in [0.2, 0.25) is 5.91 Å². The lowest BCUT2D eigenvalue weighted by Gasteiger charge is -2.18. The van der Waals surface area contributed by atoms with Gasteiger partial charge in [0, 0.05) is 5.56 Å². The molecule has 0 saturated heterocycles. The van der Waals surface area contributed by atoms with E-state index >= 15 is 0 Å². The molecule has 0 saturated carbocycles. The lowest BCUT2D eigenvalue weighted by molar-refractivity contribution is -0.142. The number of benzene rings is 1. The molecule has 2 atom stereocenters. The van der Waals surface area contributed by atoms with Gasteiger partial charge in [-0.05, 0) is 38.5 Å². The van der Waals surface area contributed by atoms with Gasteiger partial charge in [0.05, 0.1) is 18.7 Å². The maximum Gasteiger partial charge on any atom is 0.330 e. The topological polar surface area (TPSA) is 102 Å². The van der Waals surface area contributed by atoms with Crippen molar-refractivity contribution in [3.8, 4) is 5.75 Å². The first-order valence-corrected chi connectivity index (χ1v) is 7.45. The second kappa shape index (κ2) is 7.16. The van der Waals surface area contributed by atoms with Crippen molar-refractivity contribution < 1.29 is 24.0 Å². The van der Waals surface area contributed by atoms with E-state index in [2.05, 4.69) is 10.5 Å².